The smallest absolute Gasteiger partial charge is 0.0130 e. The summed E-state index contributed by atoms with van der Waals surface area (Å²) in [4.78, 5) is 0. The molecule has 1 nitrogen and oxygen atoms in total. The molecule has 0 radical (unpaired) electrons. The van der Waals surface area contributed by atoms with Crippen molar-refractivity contribution in [2.45, 2.75) is 58.0 Å². The van der Waals surface area contributed by atoms with E-state index in [4.69, 9.17) is 0 Å². The first kappa shape index (κ1) is 11.4. The van der Waals surface area contributed by atoms with Gasteiger partial charge < -0.3 is 5.32 Å². The van der Waals surface area contributed by atoms with Crippen molar-refractivity contribution in [2.24, 2.45) is 0 Å². The number of halogens is 1. The van der Waals surface area contributed by atoms with Crippen LogP contribution in [0.15, 0.2) is 0 Å². The van der Waals surface area contributed by atoms with Crippen LogP contribution in [0.2, 0.25) is 0 Å². The molecule has 1 rings (SSSR count). The number of hydrogen-bond acceptors (Lipinski definition) is 1. The second-order valence-electron chi connectivity index (χ2n) is 4.75. The van der Waals surface area contributed by atoms with E-state index in [1.54, 1.807) is 0 Å². The highest BCUT2D eigenvalue weighted by Gasteiger charge is 2.31. The van der Waals surface area contributed by atoms with Gasteiger partial charge in [-0.05, 0) is 47.0 Å². The Bertz CT molecular complexity index is 116. The maximum atomic E-state index is 3.63. The lowest BCUT2D eigenvalue weighted by molar-refractivity contribution is 0.183. The normalized spacial score (nSPS) is 27.3. The fourth-order valence-corrected chi connectivity index (χ4v) is 2.01. The summed E-state index contributed by atoms with van der Waals surface area (Å²) in [6, 6.07) is 0. The average Bonchev–Trinajstić information content (AvgIpc) is 1.56. The molecule has 0 aromatic heterocycles. The van der Waals surface area contributed by atoms with Gasteiger partial charge in [-0.3, -0.25) is 0 Å². The fraction of sp³-hybridized carbons (Fsp3) is 1.00. The molecule has 1 aliphatic heterocycles. The van der Waals surface area contributed by atoms with E-state index in [-0.39, 0.29) is 17.0 Å². The summed E-state index contributed by atoms with van der Waals surface area (Å²) < 4.78 is 0. The monoisotopic (exact) mass is 221 g/mol. The Balaban J connectivity index is 0.000001000. The lowest BCUT2D eigenvalue weighted by Gasteiger charge is -2.42. The van der Waals surface area contributed by atoms with E-state index < -0.39 is 0 Å². The molecule has 0 spiro atoms. The summed E-state index contributed by atoms with van der Waals surface area (Å²) in [5, 5.41) is 3.63. The summed E-state index contributed by atoms with van der Waals surface area (Å²) in [5.41, 5.74) is 0.726. The third-order valence-corrected chi connectivity index (χ3v) is 2.28. The van der Waals surface area contributed by atoms with Crippen LogP contribution in [-0.4, -0.2) is 11.1 Å². The van der Waals surface area contributed by atoms with Crippen molar-refractivity contribution < 1.29 is 0 Å². The van der Waals surface area contributed by atoms with Gasteiger partial charge in [0.05, 0.1) is 0 Å². The Hall–Kier alpha value is 0.440. The third kappa shape index (κ3) is 3.57. The van der Waals surface area contributed by atoms with Crippen molar-refractivity contribution in [3.8, 4) is 0 Å². The molecule has 0 aromatic rings. The van der Waals surface area contributed by atoms with E-state index in [2.05, 4.69) is 33.0 Å². The molecule has 1 saturated heterocycles. The minimum atomic E-state index is 0. The molecule has 0 saturated carbocycles. The van der Waals surface area contributed by atoms with E-state index in [1.165, 1.54) is 19.3 Å². The topological polar surface area (TPSA) is 12.0 Å². The van der Waals surface area contributed by atoms with Crippen LogP contribution in [0.4, 0.5) is 0 Å². The summed E-state index contributed by atoms with van der Waals surface area (Å²) in [6.45, 7) is 9.14. The number of hydrogen-bond donors (Lipinski definition) is 1. The van der Waals surface area contributed by atoms with E-state index in [1.807, 2.05) is 0 Å². The molecule has 1 heterocycles. The van der Waals surface area contributed by atoms with E-state index in [9.17, 15) is 0 Å². The summed E-state index contributed by atoms with van der Waals surface area (Å²) in [6.07, 6.45) is 4.00. The van der Waals surface area contributed by atoms with Crippen molar-refractivity contribution in [3.63, 3.8) is 0 Å². The molecule has 0 atom stereocenters. The second kappa shape index (κ2) is 3.44. The Kier molecular flexibility index (Phi) is 3.58. The number of rotatable bonds is 0. The van der Waals surface area contributed by atoms with Crippen LogP contribution in [0.3, 0.4) is 0 Å². The molecular formula is C9H20BrN. The minimum absolute atomic E-state index is 0. The molecule has 11 heavy (non-hydrogen) atoms. The Morgan fingerprint density at radius 3 is 1.45 bits per heavy atom. The largest absolute Gasteiger partial charge is 0.307 e. The van der Waals surface area contributed by atoms with Gasteiger partial charge >= 0.3 is 0 Å². The van der Waals surface area contributed by atoms with Gasteiger partial charge in [-0.2, -0.15) is 0 Å². The second-order valence-corrected chi connectivity index (χ2v) is 4.75. The first-order valence-electron chi connectivity index (χ1n) is 4.21. The minimum Gasteiger partial charge on any atom is -0.307 e. The highest BCUT2D eigenvalue weighted by atomic mass is 79.9. The van der Waals surface area contributed by atoms with Gasteiger partial charge in [0.2, 0.25) is 0 Å². The standard InChI is InChI=1S/C9H19N.BrH/c1-8(2)6-5-7-9(3,4)10-8;/h10H,5-7H2,1-4H3;1H. The predicted octanol–water partition coefficient (Wildman–Crippen LogP) is 2.90. The Morgan fingerprint density at radius 2 is 1.27 bits per heavy atom. The van der Waals surface area contributed by atoms with Gasteiger partial charge in [0.1, 0.15) is 0 Å². The molecule has 1 aliphatic rings. The molecule has 1 N–H and O–H groups in total. The fourth-order valence-electron chi connectivity index (χ4n) is 2.01. The lowest BCUT2D eigenvalue weighted by Crippen LogP contribution is -2.55. The van der Waals surface area contributed by atoms with Gasteiger partial charge in [-0.15, -0.1) is 17.0 Å². The number of nitrogens with one attached hydrogen (secondary N) is 1. The van der Waals surface area contributed by atoms with Crippen LogP contribution in [0, 0.1) is 0 Å². The van der Waals surface area contributed by atoms with E-state index in [0.717, 1.165) is 0 Å². The SMILES string of the molecule is Br.CC1(C)CCCC(C)(C)N1. The van der Waals surface area contributed by atoms with Crippen LogP contribution in [0.25, 0.3) is 0 Å². The van der Waals surface area contributed by atoms with E-state index in [0.29, 0.717) is 11.1 Å². The quantitative estimate of drug-likeness (QED) is 0.664. The van der Waals surface area contributed by atoms with Crippen LogP contribution >= 0.6 is 17.0 Å². The predicted molar refractivity (Wildman–Crippen MR) is 55.5 cm³/mol. The zero-order chi connectivity index (χ0) is 7.83. The molecule has 0 unspecified atom stereocenters. The number of piperidine rings is 1. The first-order chi connectivity index (χ1) is 4.41. The van der Waals surface area contributed by atoms with Gasteiger partial charge in [0, 0.05) is 11.1 Å². The van der Waals surface area contributed by atoms with Crippen molar-refractivity contribution in [1.82, 2.24) is 5.32 Å². The van der Waals surface area contributed by atoms with Crippen LogP contribution in [0.1, 0.15) is 47.0 Å². The van der Waals surface area contributed by atoms with Crippen LogP contribution in [0.5, 0.6) is 0 Å². The molecule has 0 aliphatic carbocycles. The van der Waals surface area contributed by atoms with Gasteiger partial charge in [-0.25, -0.2) is 0 Å². The van der Waals surface area contributed by atoms with Gasteiger partial charge in [-0.1, -0.05) is 0 Å². The molecule has 0 bridgehead atoms. The molecule has 1 fully saturated rings. The van der Waals surface area contributed by atoms with Crippen molar-refractivity contribution in [2.75, 3.05) is 0 Å². The molecule has 0 aromatic carbocycles. The van der Waals surface area contributed by atoms with Crippen molar-refractivity contribution >= 4 is 17.0 Å². The highest BCUT2D eigenvalue weighted by molar-refractivity contribution is 8.93. The van der Waals surface area contributed by atoms with Crippen molar-refractivity contribution in [3.05, 3.63) is 0 Å². The molecular weight excluding hydrogens is 202 g/mol. The molecule has 2 heteroatoms. The molecule has 0 amide bonds. The summed E-state index contributed by atoms with van der Waals surface area (Å²) >= 11 is 0. The third-order valence-electron chi connectivity index (χ3n) is 2.28. The van der Waals surface area contributed by atoms with Crippen LogP contribution in [-0.2, 0) is 0 Å². The lowest BCUT2D eigenvalue weighted by atomic mass is 9.83. The van der Waals surface area contributed by atoms with Crippen molar-refractivity contribution in [1.29, 1.82) is 0 Å². The van der Waals surface area contributed by atoms with E-state index >= 15 is 0 Å². The maximum absolute atomic E-state index is 3.63. The zero-order valence-corrected chi connectivity index (χ0v) is 9.74. The van der Waals surface area contributed by atoms with Gasteiger partial charge in [0.15, 0.2) is 0 Å². The average molecular weight is 222 g/mol. The first-order valence-corrected chi connectivity index (χ1v) is 4.21. The summed E-state index contributed by atoms with van der Waals surface area (Å²) in [5.74, 6) is 0. The molecule has 68 valence electrons. The maximum Gasteiger partial charge on any atom is 0.0130 e. The Labute approximate surface area is 80.7 Å². The zero-order valence-electron chi connectivity index (χ0n) is 8.03. The van der Waals surface area contributed by atoms with Crippen LogP contribution < -0.4 is 5.32 Å². The Morgan fingerprint density at radius 1 is 0.909 bits per heavy atom. The van der Waals surface area contributed by atoms with Gasteiger partial charge in [0.25, 0.3) is 0 Å². The highest BCUT2D eigenvalue weighted by Crippen LogP contribution is 2.27. The summed E-state index contributed by atoms with van der Waals surface area (Å²) in [7, 11) is 0.